The highest BCUT2D eigenvalue weighted by molar-refractivity contribution is 6.30. The van der Waals surface area contributed by atoms with Crippen molar-refractivity contribution in [2.75, 3.05) is 6.54 Å². The van der Waals surface area contributed by atoms with Crippen LogP contribution < -0.4 is 0 Å². The molecule has 2 aromatic rings. The van der Waals surface area contributed by atoms with E-state index in [1.807, 2.05) is 0 Å². The van der Waals surface area contributed by atoms with Crippen LogP contribution in [0, 0.1) is 5.92 Å². The number of halogens is 4. The summed E-state index contributed by atoms with van der Waals surface area (Å²) in [6.45, 7) is 0.380. The molecular formula is C18H17ClF3NO2. The highest BCUT2D eigenvalue weighted by atomic mass is 35.5. The van der Waals surface area contributed by atoms with Crippen LogP contribution in [0.5, 0.6) is 0 Å². The molecule has 1 heterocycles. The van der Waals surface area contributed by atoms with E-state index in [4.69, 9.17) is 16.0 Å². The van der Waals surface area contributed by atoms with Crippen LogP contribution in [0.15, 0.2) is 40.8 Å². The second kappa shape index (κ2) is 6.75. The van der Waals surface area contributed by atoms with Crippen molar-refractivity contribution in [2.45, 2.75) is 32.0 Å². The molecule has 0 bridgehead atoms. The summed E-state index contributed by atoms with van der Waals surface area (Å²) in [5.41, 5.74) is 0.695. The molecule has 1 aromatic carbocycles. The van der Waals surface area contributed by atoms with Gasteiger partial charge < -0.3 is 9.32 Å². The lowest BCUT2D eigenvalue weighted by molar-refractivity contribution is -0.145. The minimum absolute atomic E-state index is 0.0956. The summed E-state index contributed by atoms with van der Waals surface area (Å²) in [4.78, 5) is 13.5. The van der Waals surface area contributed by atoms with Crippen LogP contribution in [-0.2, 0) is 0 Å². The number of benzene rings is 1. The standard InChI is InChI=1S/C18H17ClF3NO2/c1-11(12-2-3-12)23(10-18(20,21)22)17(24)16-9-8-15(25-16)13-4-6-14(19)7-5-13/h4-9,11-12H,2-3,10H2,1H3/t11-/m1/s1. The molecule has 1 fully saturated rings. The van der Waals surface area contributed by atoms with Gasteiger partial charge in [-0.15, -0.1) is 0 Å². The quantitative estimate of drug-likeness (QED) is 0.704. The predicted octanol–water partition coefficient (Wildman–Crippen LogP) is 5.40. The van der Waals surface area contributed by atoms with Crippen LogP contribution in [0.2, 0.25) is 5.02 Å². The zero-order valence-corrected chi connectivity index (χ0v) is 14.3. The third-order valence-corrected chi connectivity index (χ3v) is 4.60. The lowest BCUT2D eigenvalue weighted by Gasteiger charge is -2.29. The van der Waals surface area contributed by atoms with Gasteiger partial charge in [-0.05, 0) is 62.1 Å². The van der Waals surface area contributed by atoms with Gasteiger partial charge >= 0.3 is 6.18 Å². The van der Waals surface area contributed by atoms with Gasteiger partial charge in [0, 0.05) is 16.6 Å². The molecule has 3 rings (SSSR count). The zero-order valence-electron chi connectivity index (χ0n) is 13.5. The summed E-state index contributed by atoms with van der Waals surface area (Å²) in [5.74, 6) is -0.304. The number of hydrogen-bond acceptors (Lipinski definition) is 2. The number of rotatable bonds is 5. The Kier molecular flexibility index (Phi) is 4.82. The molecule has 0 aliphatic heterocycles. The van der Waals surface area contributed by atoms with Gasteiger partial charge in [0.25, 0.3) is 5.91 Å². The molecule has 0 saturated heterocycles. The van der Waals surface area contributed by atoms with Gasteiger partial charge in [0.15, 0.2) is 5.76 Å². The van der Waals surface area contributed by atoms with Gasteiger partial charge in [0.1, 0.15) is 12.3 Å². The molecule has 1 amide bonds. The van der Waals surface area contributed by atoms with Crippen molar-refractivity contribution in [3.63, 3.8) is 0 Å². The third kappa shape index (κ3) is 4.37. The molecule has 1 aromatic heterocycles. The SMILES string of the molecule is C[C@H](C1CC1)N(CC(F)(F)F)C(=O)c1ccc(-c2ccc(Cl)cc2)o1. The normalized spacial score (nSPS) is 15.9. The molecule has 1 atom stereocenters. The fourth-order valence-corrected chi connectivity index (χ4v) is 2.92. The number of alkyl halides is 3. The average Bonchev–Trinajstić information content (AvgIpc) is 3.28. The predicted molar refractivity (Wildman–Crippen MR) is 88.4 cm³/mol. The molecule has 1 saturated carbocycles. The molecule has 0 spiro atoms. The highest BCUT2D eigenvalue weighted by Crippen LogP contribution is 2.37. The topological polar surface area (TPSA) is 33.5 Å². The minimum Gasteiger partial charge on any atom is -0.451 e. The maximum atomic E-state index is 12.9. The second-order valence-electron chi connectivity index (χ2n) is 6.30. The van der Waals surface area contributed by atoms with E-state index >= 15 is 0 Å². The maximum Gasteiger partial charge on any atom is 0.406 e. The molecule has 3 nitrogen and oxygen atoms in total. The first-order valence-electron chi connectivity index (χ1n) is 7.98. The number of amides is 1. The van der Waals surface area contributed by atoms with Crippen molar-refractivity contribution < 1.29 is 22.4 Å². The third-order valence-electron chi connectivity index (χ3n) is 4.35. The largest absolute Gasteiger partial charge is 0.451 e. The molecule has 1 aliphatic rings. The molecule has 134 valence electrons. The number of hydrogen-bond donors (Lipinski definition) is 0. The van der Waals surface area contributed by atoms with Gasteiger partial charge in [-0.2, -0.15) is 13.2 Å². The molecule has 1 aliphatic carbocycles. The monoisotopic (exact) mass is 371 g/mol. The summed E-state index contributed by atoms with van der Waals surface area (Å²) < 4.78 is 44.2. The van der Waals surface area contributed by atoms with Crippen LogP contribution in [0.25, 0.3) is 11.3 Å². The molecular weight excluding hydrogens is 355 g/mol. The number of furan rings is 1. The Balaban J connectivity index is 1.83. The fourth-order valence-electron chi connectivity index (χ4n) is 2.79. The smallest absolute Gasteiger partial charge is 0.406 e. The van der Waals surface area contributed by atoms with Gasteiger partial charge in [0.2, 0.25) is 0 Å². The van der Waals surface area contributed by atoms with Crippen molar-refractivity contribution in [2.24, 2.45) is 5.92 Å². The molecule has 7 heteroatoms. The van der Waals surface area contributed by atoms with E-state index < -0.39 is 24.7 Å². The summed E-state index contributed by atoms with van der Waals surface area (Å²) in [7, 11) is 0. The van der Waals surface area contributed by atoms with Crippen molar-refractivity contribution in [3.8, 4) is 11.3 Å². The minimum atomic E-state index is -4.45. The lowest BCUT2D eigenvalue weighted by atomic mass is 10.1. The van der Waals surface area contributed by atoms with Crippen LogP contribution in [0.4, 0.5) is 13.2 Å². The van der Waals surface area contributed by atoms with Crippen LogP contribution in [0.3, 0.4) is 0 Å². The number of carbonyl (C=O) groups is 1. The second-order valence-corrected chi connectivity index (χ2v) is 6.73. The first-order valence-corrected chi connectivity index (χ1v) is 8.36. The van der Waals surface area contributed by atoms with Gasteiger partial charge in [0.05, 0.1) is 0 Å². The van der Waals surface area contributed by atoms with Crippen LogP contribution in [0.1, 0.15) is 30.3 Å². The Labute approximate surface area is 148 Å². The molecule has 0 radical (unpaired) electrons. The van der Waals surface area contributed by atoms with E-state index in [1.54, 1.807) is 37.3 Å². The Morgan fingerprint density at radius 3 is 2.44 bits per heavy atom. The average molecular weight is 372 g/mol. The number of nitrogens with zero attached hydrogens (tertiary/aromatic N) is 1. The van der Waals surface area contributed by atoms with E-state index in [2.05, 4.69) is 0 Å². The van der Waals surface area contributed by atoms with E-state index in [1.165, 1.54) is 6.07 Å². The van der Waals surface area contributed by atoms with Gasteiger partial charge in [-0.25, -0.2) is 0 Å². The number of carbonyl (C=O) groups excluding carboxylic acids is 1. The zero-order chi connectivity index (χ0) is 18.2. The first kappa shape index (κ1) is 17.9. The first-order chi connectivity index (χ1) is 11.7. The van der Waals surface area contributed by atoms with E-state index in [9.17, 15) is 18.0 Å². The Bertz CT molecular complexity index is 750. The van der Waals surface area contributed by atoms with E-state index in [0.717, 1.165) is 17.7 Å². The Morgan fingerprint density at radius 1 is 1.24 bits per heavy atom. The summed E-state index contributed by atoms with van der Waals surface area (Å²) in [5, 5.41) is 0.557. The molecule has 25 heavy (non-hydrogen) atoms. The van der Waals surface area contributed by atoms with Gasteiger partial charge in [-0.3, -0.25) is 4.79 Å². The fraction of sp³-hybridized carbons (Fsp3) is 0.389. The van der Waals surface area contributed by atoms with E-state index in [0.29, 0.717) is 16.3 Å². The van der Waals surface area contributed by atoms with E-state index in [-0.39, 0.29) is 11.7 Å². The van der Waals surface area contributed by atoms with Crippen molar-refractivity contribution >= 4 is 17.5 Å². The molecule has 0 unspecified atom stereocenters. The Morgan fingerprint density at radius 2 is 1.88 bits per heavy atom. The summed E-state index contributed by atoms with van der Waals surface area (Å²) >= 11 is 5.83. The highest BCUT2D eigenvalue weighted by Gasteiger charge is 2.41. The van der Waals surface area contributed by atoms with Crippen molar-refractivity contribution in [3.05, 3.63) is 47.2 Å². The Hall–Kier alpha value is -1.95. The molecule has 0 N–H and O–H groups in total. The van der Waals surface area contributed by atoms with Crippen molar-refractivity contribution in [1.29, 1.82) is 0 Å². The summed E-state index contributed by atoms with van der Waals surface area (Å²) in [6.07, 6.45) is -2.77. The van der Waals surface area contributed by atoms with Gasteiger partial charge in [-0.1, -0.05) is 11.6 Å². The lowest BCUT2D eigenvalue weighted by Crippen LogP contribution is -2.45. The summed E-state index contributed by atoms with van der Waals surface area (Å²) in [6, 6.07) is 9.29. The van der Waals surface area contributed by atoms with Crippen LogP contribution >= 0.6 is 11.6 Å². The van der Waals surface area contributed by atoms with Crippen LogP contribution in [-0.4, -0.2) is 29.6 Å². The maximum absolute atomic E-state index is 12.9. The van der Waals surface area contributed by atoms with Crippen molar-refractivity contribution in [1.82, 2.24) is 4.90 Å².